The smallest absolute Gasteiger partial charge is 0.0312 e. The van der Waals surface area contributed by atoms with Crippen molar-refractivity contribution in [2.45, 2.75) is 44.2 Å². The number of benzene rings is 1. The van der Waals surface area contributed by atoms with Crippen LogP contribution in [0, 0.1) is 11.8 Å². The van der Waals surface area contributed by atoms with Gasteiger partial charge in [0, 0.05) is 30.9 Å². The maximum atomic E-state index is 4.23. The van der Waals surface area contributed by atoms with Crippen LogP contribution in [0.1, 0.15) is 42.7 Å². The van der Waals surface area contributed by atoms with Crippen LogP contribution in [0.5, 0.6) is 0 Å². The Morgan fingerprint density at radius 1 is 0.955 bits per heavy atom. The molecule has 2 fully saturated rings. The van der Waals surface area contributed by atoms with Crippen molar-refractivity contribution in [3.8, 4) is 0 Å². The molecule has 4 rings (SSSR count). The zero-order valence-electron chi connectivity index (χ0n) is 13.0. The molecule has 0 spiro atoms. The third-order valence-electron chi connectivity index (χ3n) is 5.63. The number of nitrogens with zero attached hydrogens (tertiary/aromatic N) is 1. The zero-order valence-corrected chi connectivity index (χ0v) is 13.0. The number of nitrogens with one attached hydrogen (secondary N) is 1. The summed E-state index contributed by atoms with van der Waals surface area (Å²) in [5, 5.41) is 3.84. The van der Waals surface area contributed by atoms with Gasteiger partial charge in [0.15, 0.2) is 0 Å². The van der Waals surface area contributed by atoms with Gasteiger partial charge in [-0.05, 0) is 41.9 Å². The van der Waals surface area contributed by atoms with Crippen LogP contribution < -0.4 is 5.32 Å². The van der Waals surface area contributed by atoms with Gasteiger partial charge in [-0.1, -0.05) is 49.2 Å². The maximum Gasteiger partial charge on any atom is 0.0312 e. The largest absolute Gasteiger partial charge is 0.309 e. The molecule has 2 saturated carbocycles. The van der Waals surface area contributed by atoms with Gasteiger partial charge in [-0.15, -0.1) is 0 Å². The number of hydrogen-bond acceptors (Lipinski definition) is 2. The van der Waals surface area contributed by atoms with Gasteiger partial charge in [0.05, 0.1) is 0 Å². The molecule has 1 aromatic carbocycles. The van der Waals surface area contributed by atoms with Crippen molar-refractivity contribution in [2.24, 2.45) is 11.8 Å². The number of aromatic nitrogens is 1. The Bertz CT molecular complexity index is 596. The molecular weight excluding hydrogens is 268 g/mol. The Hall–Kier alpha value is -1.67. The number of hydrogen-bond donors (Lipinski definition) is 1. The molecule has 2 aliphatic carbocycles. The normalized spacial score (nSPS) is 30.4. The molecule has 22 heavy (non-hydrogen) atoms. The van der Waals surface area contributed by atoms with Crippen LogP contribution >= 0.6 is 0 Å². The minimum Gasteiger partial charge on any atom is -0.309 e. The van der Waals surface area contributed by atoms with Crippen LogP contribution in [0.25, 0.3) is 0 Å². The molecule has 4 atom stereocenters. The molecule has 2 aromatic rings. The van der Waals surface area contributed by atoms with Gasteiger partial charge < -0.3 is 5.32 Å². The second-order valence-corrected chi connectivity index (χ2v) is 6.82. The first-order valence-corrected chi connectivity index (χ1v) is 8.61. The first-order valence-electron chi connectivity index (χ1n) is 8.61. The van der Waals surface area contributed by atoms with E-state index < -0.39 is 0 Å². The first kappa shape index (κ1) is 14.0. The summed E-state index contributed by atoms with van der Waals surface area (Å²) in [6.45, 7) is 0.936. The molecule has 1 N–H and O–H groups in total. The lowest BCUT2D eigenvalue weighted by molar-refractivity contribution is 0.0254. The van der Waals surface area contributed by atoms with Crippen LogP contribution in [0.4, 0.5) is 0 Å². The van der Waals surface area contributed by atoms with Crippen molar-refractivity contribution < 1.29 is 0 Å². The quantitative estimate of drug-likeness (QED) is 0.916. The lowest BCUT2D eigenvalue weighted by Crippen LogP contribution is -2.57. The molecule has 1 heterocycles. The Kier molecular flexibility index (Phi) is 3.94. The van der Waals surface area contributed by atoms with E-state index in [2.05, 4.69) is 46.7 Å². The van der Waals surface area contributed by atoms with E-state index in [0.29, 0.717) is 12.0 Å². The maximum absolute atomic E-state index is 4.23. The summed E-state index contributed by atoms with van der Waals surface area (Å²) < 4.78 is 0. The molecule has 0 saturated heterocycles. The van der Waals surface area contributed by atoms with Crippen molar-refractivity contribution >= 4 is 0 Å². The highest BCUT2D eigenvalue weighted by Gasteiger charge is 2.50. The average Bonchev–Trinajstić information content (AvgIpc) is 2.58. The van der Waals surface area contributed by atoms with Crippen LogP contribution in [-0.2, 0) is 6.54 Å². The van der Waals surface area contributed by atoms with Crippen LogP contribution in [0.2, 0.25) is 0 Å². The van der Waals surface area contributed by atoms with Gasteiger partial charge in [0.25, 0.3) is 0 Å². The summed E-state index contributed by atoms with van der Waals surface area (Å²) in [5.41, 5.74) is 2.81. The van der Waals surface area contributed by atoms with E-state index in [1.165, 1.54) is 36.8 Å². The van der Waals surface area contributed by atoms with E-state index in [-0.39, 0.29) is 0 Å². The summed E-state index contributed by atoms with van der Waals surface area (Å²) >= 11 is 0. The van der Waals surface area contributed by atoms with Gasteiger partial charge in [-0.2, -0.15) is 0 Å². The molecule has 0 unspecified atom stereocenters. The van der Waals surface area contributed by atoms with Crippen molar-refractivity contribution in [3.63, 3.8) is 0 Å². The molecule has 2 nitrogen and oxygen atoms in total. The van der Waals surface area contributed by atoms with E-state index in [0.717, 1.165) is 18.4 Å². The Morgan fingerprint density at radius 3 is 2.55 bits per heavy atom. The van der Waals surface area contributed by atoms with Crippen molar-refractivity contribution in [2.75, 3.05) is 0 Å². The van der Waals surface area contributed by atoms with Gasteiger partial charge >= 0.3 is 0 Å². The number of rotatable bonds is 4. The number of fused-ring (bicyclic) bond motifs is 1. The van der Waals surface area contributed by atoms with Crippen molar-refractivity contribution in [1.29, 1.82) is 0 Å². The third kappa shape index (κ3) is 2.56. The van der Waals surface area contributed by atoms with E-state index in [4.69, 9.17) is 0 Å². The van der Waals surface area contributed by atoms with Crippen molar-refractivity contribution in [3.05, 3.63) is 66.0 Å². The fourth-order valence-corrected chi connectivity index (χ4v) is 4.61. The highest BCUT2D eigenvalue weighted by Crippen LogP contribution is 2.54. The highest BCUT2D eigenvalue weighted by atomic mass is 15.0. The fourth-order valence-electron chi connectivity index (χ4n) is 4.61. The van der Waals surface area contributed by atoms with E-state index in [1.807, 2.05) is 18.5 Å². The monoisotopic (exact) mass is 292 g/mol. The fraction of sp³-hybridized carbons (Fsp3) is 0.450. The van der Waals surface area contributed by atoms with Crippen LogP contribution in [-0.4, -0.2) is 11.0 Å². The van der Waals surface area contributed by atoms with Gasteiger partial charge in [0.2, 0.25) is 0 Å². The van der Waals surface area contributed by atoms with Crippen LogP contribution in [0.15, 0.2) is 54.9 Å². The molecule has 0 bridgehead atoms. The Balaban J connectivity index is 1.50. The molecule has 2 aliphatic rings. The molecular formula is C20H24N2. The predicted molar refractivity (Wildman–Crippen MR) is 89.5 cm³/mol. The minimum absolute atomic E-state index is 0.632. The van der Waals surface area contributed by atoms with Crippen LogP contribution in [0.3, 0.4) is 0 Å². The topological polar surface area (TPSA) is 24.9 Å². The summed E-state index contributed by atoms with van der Waals surface area (Å²) in [5.74, 6) is 2.46. The summed E-state index contributed by atoms with van der Waals surface area (Å²) in [7, 11) is 0. The third-order valence-corrected chi connectivity index (χ3v) is 5.63. The summed E-state index contributed by atoms with van der Waals surface area (Å²) in [6, 6.07) is 15.9. The summed E-state index contributed by atoms with van der Waals surface area (Å²) in [6.07, 6.45) is 9.46. The second kappa shape index (κ2) is 6.21. The SMILES string of the molecule is c1ccc([C@H]2[C@H]3CCCC[C@H]3[C@@H]2NCc2cccnc2)cc1. The molecule has 1 aromatic heterocycles. The highest BCUT2D eigenvalue weighted by molar-refractivity contribution is 5.28. The van der Waals surface area contributed by atoms with E-state index in [9.17, 15) is 0 Å². The molecule has 114 valence electrons. The Morgan fingerprint density at radius 2 is 1.77 bits per heavy atom. The van der Waals surface area contributed by atoms with Gasteiger partial charge in [-0.3, -0.25) is 4.98 Å². The van der Waals surface area contributed by atoms with E-state index >= 15 is 0 Å². The predicted octanol–water partition coefficient (Wildman–Crippen LogP) is 4.14. The number of pyridine rings is 1. The lowest BCUT2D eigenvalue weighted by Gasteiger charge is -2.55. The molecule has 0 radical (unpaired) electrons. The lowest BCUT2D eigenvalue weighted by atomic mass is 9.53. The standard InChI is InChI=1S/C20H24N2/c1-2-8-16(9-3-1)19-17-10-4-5-11-18(17)20(19)22-14-15-7-6-12-21-13-15/h1-3,6-9,12-13,17-20,22H,4-5,10-11,14H2/t17-,18+,19-,20-/m0/s1. The van der Waals surface area contributed by atoms with Gasteiger partial charge in [-0.25, -0.2) is 0 Å². The van der Waals surface area contributed by atoms with Crippen molar-refractivity contribution in [1.82, 2.24) is 10.3 Å². The average molecular weight is 292 g/mol. The zero-order chi connectivity index (χ0) is 14.8. The molecule has 0 aliphatic heterocycles. The van der Waals surface area contributed by atoms with E-state index in [1.54, 1.807) is 0 Å². The summed E-state index contributed by atoms with van der Waals surface area (Å²) in [4.78, 5) is 4.23. The molecule has 2 heteroatoms. The first-order chi connectivity index (χ1) is 10.9. The second-order valence-electron chi connectivity index (χ2n) is 6.82. The van der Waals surface area contributed by atoms with Gasteiger partial charge in [0.1, 0.15) is 0 Å². The minimum atomic E-state index is 0.632. The Labute approximate surface area is 133 Å². The molecule has 0 amide bonds.